The first-order valence-electron chi connectivity index (χ1n) is 9.58. The van der Waals surface area contributed by atoms with Crippen molar-refractivity contribution < 1.29 is 9.47 Å². The van der Waals surface area contributed by atoms with Crippen LogP contribution in [-0.4, -0.2) is 27.3 Å². The predicted molar refractivity (Wildman–Crippen MR) is 113 cm³/mol. The molecule has 152 valence electrons. The summed E-state index contributed by atoms with van der Waals surface area (Å²) in [6, 6.07) is 21.9. The van der Waals surface area contributed by atoms with Gasteiger partial charge in [-0.2, -0.15) is 4.68 Å². The Morgan fingerprint density at radius 2 is 1.80 bits per heavy atom. The number of aromatic amines is 1. The Hall–Kier alpha value is -3.87. The van der Waals surface area contributed by atoms with Crippen molar-refractivity contribution in [2.45, 2.75) is 20.0 Å². The van der Waals surface area contributed by atoms with Gasteiger partial charge >= 0.3 is 5.69 Å². The quantitative estimate of drug-likeness (QED) is 0.512. The fourth-order valence-electron chi connectivity index (χ4n) is 3.41. The monoisotopic (exact) mass is 402 g/mol. The van der Waals surface area contributed by atoms with E-state index in [0.717, 1.165) is 17.7 Å². The van der Waals surface area contributed by atoms with Crippen LogP contribution in [0, 0.1) is 6.92 Å². The minimum absolute atomic E-state index is 0.220. The maximum absolute atomic E-state index is 12.0. The molecular weight excluding hydrogens is 380 g/mol. The average Bonchev–Trinajstić information content (AvgIpc) is 3.19. The number of nitrogens with zero attached hydrogens (tertiary/aromatic N) is 3. The van der Waals surface area contributed by atoms with Gasteiger partial charge in [0.15, 0.2) is 0 Å². The molecule has 4 aromatic rings. The molecule has 0 amide bonds. The zero-order chi connectivity index (χ0) is 20.9. The van der Waals surface area contributed by atoms with Crippen LogP contribution in [0.1, 0.15) is 22.3 Å². The molecule has 0 aliphatic carbocycles. The highest BCUT2D eigenvalue weighted by Crippen LogP contribution is 2.28. The van der Waals surface area contributed by atoms with E-state index in [1.54, 1.807) is 19.2 Å². The smallest absolute Gasteiger partial charge is 0.365 e. The minimum Gasteiger partial charge on any atom is -0.496 e. The van der Waals surface area contributed by atoms with E-state index in [4.69, 9.17) is 9.47 Å². The van der Waals surface area contributed by atoms with Gasteiger partial charge in [0.2, 0.25) is 0 Å². The highest BCUT2D eigenvalue weighted by molar-refractivity contribution is 5.49. The molecular formula is C23H22N4O3. The first kappa shape index (κ1) is 19.4. The third kappa shape index (κ3) is 4.10. The summed E-state index contributed by atoms with van der Waals surface area (Å²) in [5.41, 5.74) is 4.38. The first-order valence-corrected chi connectivity index (χ1v) is 9.58. The van der Waals surface area contributed by atoms with Crippen molar-refractivity contribution in [3.05, 3.63) is 99.5 Å². The van der Waals surface area contributed by atoms with E-state index in [1.807, 2.05) is 37.3 Å². The van der Waals surface area contributed by atoms with E-state index in [-0.39, 0.29) is 6.61 Å². The molecule has 0 aliphatic rings. The lowest BCUT2D eigenvalue weighted by Gasteiger charge is -2.15. The van der Waals surface area contributed by atoms with Crippen molar-refractivity contribution in [3.63, 3.8) is 0 Å². The molecule has 7 heteroatoms. The van der Waals surface area contributed by atoms with Gasteiger partial charge in [-0.15, -0.1) is 0 Å². The molecule has 30 heavy (non-hydrogen) atoms. The van der Waals surface area contributed by atoms with Crippen molar-refractivity contribution >= 4 is 0 Å². The standard InChI is InChI=1S/C23H22N4O3/c1-16-13-18(14-17-7-4-3-5-8-17)11-12-21(16)30-15-19-20(9-6-10-22(19)29-2)27-23(28)24-25-26-27/h3-13H,14-15H2,1-2H3,(H,24,26,28). The zero-order valence-electron chi connectivity index (χ0n) is 16.8. The van der Waals surface area contributed by atoms with E-state index in [9.17, 15) is 4.79 Å². The fourth-order valence-corrected chi connectivity index (χ4v) is 3.41. The van der Waals surface area contributed by atoms with Gasteiger partial charge in [-0.1, -0.05) is 48.5 Å². The summed E-state index contributed by atoms with van der Waals surface area (Å²) in [5.74, 6) is 1.39. The van der Waals surface area contributed by atoms with Crippen LogP contribution in [0.3, 0.4) is 0 Å². The van der Waals surface area contributed by atoms with Crippen LogP contribution in [-0.2, 0) is 13.0 Å². The second kappa shape index (κ2) is 8.65. The highest BCUT2D eigenvalue weighted by atomic mass is 16.5. The molecule has 1 heterocycles. The largest absolute Gasteiger partial charge is 0.496 e. The number of rotatable bonds is 7. The van der Waals surface area contributed by atoms with Crippen molar-refractivity contribution in [1.29, 1.82) is 0 Å². The molecule has 0 saturated carbocycles. The fraction of sp³-hybridized carbons (Fsp3) is 0.174. The third-order valence-corrected chi connectivity index (χ3v) is 4.89. The molecule has 1 N–H and O–H groups in total. The predicted octanol–water partition coefficient (Wildman–Crippen LogP) is 3.44. The van der Waals surface area contributed by atoms with Crippen LogP contribution >= 0.6 is 0 Å². The van der Waals surface area contributed by atoms with Crippen LogP contribution in [0.15, 0.2) is 71.5 Å². The average molecular weight is 402 g/mol. The van der Waals surface area contributed by atoms with Gasteiger partial charge in [0.25, 0.3) is 0 Å². The molecule has 0 spiro atoms. The second-order valence-electron chi connectivity index (χ2n) is 6.93. The van der Waals surface area contributed by atoms with E-state index in [0.29, 0.717) is 17.0 Å². The maximum atomic E-state index is 12.0. The second-order valence-corrected chi connectivity index (χ2v) is 6.93. The number of H-pyrrole nitrogens is 1. The summed E-state index contributed by atoms with van der Waals surface area (Å²) in [6.45, 7) is 2.24. The van der Waals surface area contributed by atoms with E-state index in [1.165, 1.54) is 15.8 Å². The van der Waals surface area contributed by atoms with Crippen molar-refractivity contribution in [3.8, 4) is 17.2 Å². The van der Waals surface area contributed by atoms with E-state index >= 15 is 0 Å². The summed E-state index contributed by atoms with van der Waals surface area (Å²) < 4.78 is 12.8. The molecule has 0 saturated heterocycles. The number of hydrogen-bond donors (Lipinski definition) is 1. The maximum Gasteiger partial charge on any atom is 0.365 e. The molecule has 0 aliphatic heterocycles. The number of nitrogens with one attached hydrogen (secondary N) is 1. The van der Waals surface area contributed by atoms with Crippen LogP contribution in [0.25, 0.3) is 5.69 Å². The zero-order valence-corrected chi connectivity index (χ0v) is 16.8. The van der Waals surface area contributed by atoms with E-state index in [2.05, 4.69) is 39.8 Å². The summed E-state index contributed by atoms with van der Waals surface area (Å²) in [7, 11) is 1.58. The molecule has 7 nitrogen and oxygen atoms in total. The molecule has 3 aromatic carbocycles. The Balaban J connectivity index is 1.56. The van der Waals surface area contributed by atoms with Crippen LogP contribution in [0.4, 0.5) is 0 Å². The molecule has 0 atom stereocenters. The van der Waals surface area contributed by atoms with Crippen LogP contribution in [0.5, 0.6) is 11.5 Å². The Bertz CT molecular complexity index is 1200. The number of tetrazole rings is 1. The molecule has 0 bridgehead atoms. The minimum atomic E-state index is -0.425. The molecule has 0 fully saturated rings. The van der Waals surface area contributed by atoms with Gasteiger partial charge in [0, 0.05) is 0 Å². The summed E-state index contributed by atoms with van der Waals surface area (Å²) >= 11 is 0. The lowest BCUT2D eigenvalue weighted by atomic mass is 10.0. The van der Waals surface area contributed by atoms with Gasteiger partial charge in [-0.25, -0.2) is 9.89 Å². The van der Waals surface area contributed by atoms with Crippen LogP contribution < -0.4 is 15.2 Å². The SMILES string of the molecule is COc1cccc(-n2nn[nH]c2=O)c1COc1ccc(Cc2ccccc2)cc1C. The lowest BCUT2D eigenvalue weighted by molar-refractivity contribution is 0.294. The summed E-state index contributed by atoms with van der Waals surface area (Å²) in [4.78, 5) is 12.0. The Morgan fingerprint density at radius 1 is 0.967 bits per heavy atom. The topological polar surface area (TPSA) is 82.0 Å². The normalized spacial score (nSPS) is 10.7. The molecule has 4 rings (SSSR count). The number of hydrogen-bond acceptors (Lipinski definition) is 5. The number of aryl methyl sites for hydroxylation is 1. The summed E-state index contributed by atoms with van der Waals surface area (Å²) in [5, 5.41) is 9.70. The highest BCUT2D eigenvalue weighted by Gasteiger charge is 2.15. The lowest BCUT2D eigenvalue weighted by Crippen LogP contribution is -2.18. The van der Waals surface area contributed by atoms with Crippen LogP contribution in [0.2, 0.25) is 0 Å². The molecule has 0 radical (unpaired) electrons. The van der Waals surface area contributed by atoms with Crippen molar-refractivity contribution in [1.82, 2.24) is 20.2 Å². The first-order chi connectivity index (χ1) is 14.7. The Labute approximate surface area is 173 Å². The number of aromatic nitrogens is 4. The van der Waals surface area contributed by atoms with Gasteiger partial charge in [-0.05, 0) is 58.7 Å². The summed E-state index contributed by atoms with van der Waals surface area (Å²) in [6.07, 6.45) is 0.869. The molecule has 1 aromatic heterocycles. The Morgan fingerprint density at radius 3 is 2.50 bits per heavy atom. The van der Waals surface area contributed by atoms with Gasteiger partial charge in [0.1, 0.15) is 18.1 Å². The number of ether oxygens (including phenoxy) is 2. The van der Waals surface area contributed by atoms with Crippen molar-refractivity contribution in [2.75, 3.05) is 7.11 Å². The van der Waals surface area contributed by atoms with Gasteiger partial charge < -0.3 is 9.47 Å². The van der Waals surface area contributed by atoms with Gasteiger partial charge in [-0.3, -0.25) is 0 Å². The van der Waals surface area contributed by atoms with E-state index < -0.39 is 5.69 Å². The number of methoxy groups -OCH3 is 1. The van der Waals surface area contributed by atoms with Crippen molar-refractivity contribution in [2.24, 2.45) is 0 Å². The number of benzene rings is 3. The Kier molecular flexibility index (Phi) is 5.61. The van der Waals surface area contributed by atoms with Gasteiger partial charge in [0.05, 0.1) is 18.4 Å². The molecule has 0 unspecified atom stereocenters. The third-order valence-electron chi connectivity index (χ3n) is 4.89.